The number of methoxy groups -OCH3 is 1. The lowest BCUT2D eigenvalue weighted by Gasteiger charge is -2.26. The number of ketones is 1. The van der Waals surface area contributed by atoms with E-state index < -0.39 is 29.3 Å². The summed E-state index contributed by atoms with van der Waals surface area (Å²) >= 11 is 0. The number of Topliss-reactive ketones (excluding diaryl/α,β-unsaturated/α-hetero) is 1. The molecular weight excluding hydrogens is 391 g/mol. The highest BCUT2D eigenvalue weighted by atomic mass is 19.1. The molecule has 2 N–H and O–H groups in total. The van der Waals surface area contributed by atoms with Crippen LogP contribution < -0.4 is 4.74 Å². The van der Waals surface area contributed by atoms with E-state index in [-0.39, 0.29) is 29.0 Å². The Labute approximate surface area is 173 Å². The van der Waals surface area contributed by atoms with E-state index in [2.05, 4.69) is 0 Å². The molecule has 0 spiro atoms. The molecule has 0 bridgehead atoms. The molecule has 0 saturated carbocycles. The lowest BCUT2D eigenvalue weighted by molar-refractivity contribution is -0.140. The van der Waals surface area contributed by atoms with Crippen molar-refractivity contribution in [1.82, 2.24) is 9.80 Å². The van der Waals surface area contributed by atoms with Gasteiger partial charge in [-0.25, -0.2) is 4.39 Å². The molecule has 0 radical (unpaired) electrons. The summed E-state index contributed by atoms with van der Waals surface area (Å²) in [4.78, 5) is 28.7. The van der Waals surface area contributed by atoms with Gasteiger partial charge in [-0.15, -0.1) is 0 Å². The van der Waals surface area contributed by atoms with E-state index in [4.69, 9.17) is 4.74 Å². The summed E-state index contributed by atoms with van der Waals surface area (Å²) in [6, 6.07) is 8.81. The Hall–Kier alpha value is -3.39. The van der Waals surface area contributed by atoms with Crippen molar-refractivity contribution in [3.8, 4) is 11.5 Å². The van der Waals surface area contributed by atoms with Crippen LogP contribution in [0.3, 0.4) is 0 Å². The topological polar surface area (TPSA) is 90.3 Å². The van der Waals surface area contributed by atoms with Crippen molar-refractivity contribution in [2.24, 2.45) is 0 Å². The van der Waals surface area contributed by atoms with Crippen molar-refractivity contribution in [3.05, 3.63) is 65.0 Å². The lowest BCUT2D eigenvalue weighted by atomic mass is 9.94. The quantitative estimate of drug-likeness (QED) is 0.429. The first-order valence-corrected chi connectivity index (χ1v) is 9.31. The monoisotopic (exact) mass is 414 g/mol. The average molecular weight is 414 g/mol. The number of halogens is 1. The van der Waals surface area contributed by atoms with Gasteiger partial charge in [0.2, 0.25) is 0 Å². The summed E-state index contributed by atoms with van der Waals surface area (Å²) < 4.78 is 19.7. The van der Waals surface area contributed by atoms with E-state index in [9.17, 15) is 24.2 Å². The molecule has 2 aromatic rings. The van der Waals surface area contributed by atoms with E-state index in [0.29, 0.717) is 12.3 Å². The van der Waals surface area contributed by atoms with Gasteiger partial charge >= 0.3 is 0 Å². The molecule has 3 rings (SSSR count). The molecule has 1 aliphatic heterocycles. The normalized spacial score (nSPS) is 18.3. The molecule has 8 heteroatoms. The number of rotatable bonds is 6. The highest BCUT2D eigenvalue weighted by Crippen LogP contribution is 2.41. The highest BCUT2D eigenvalue weighted by Gasteiger charge is 2.47. The molecule has 1 heterocycles. The minimum absolute atomic E-state index is 0.0530. The van der Waals surface area contributed by atoms with Crippen molar-refractivity contribution in [2.45, 2.75) is 6.04 Å². The van der Waals surface area contributed by atoms with Crippen molar-refractivity contribution in [2.75, 3.05) is 34.3 Å². The maximum Gasteiger partial charge on any atom is 0.295 e. The third kappa shape index (κ3) is 3.86. The standard InChI is InChI=1S/C22H23FN2O5/c1-24(2)10-11-25-19(14-6-4-5-7-16(14)23)18(21(28)22(25)29)20(27)15-9-8-13(30-3)12-17(15)26/h4-9,12,19,26-27H,10-11H2,1-3H3/t19-/m0/s1. The number of phenols is 1. The summed E-state index contributed by atoms with van der Waals surface area (Å²) in [6.45, 7) is 0.591. The molecule has 1 saturated heterocycles. The van der Waals surface area contributed by atoms with Crippen LogP contribution in [0.2, 0.25) is 0 Å². The number of ether oxygens (including phenoxy) is 1. The summed E-state index contributed by atoms with van der Waals surface area (Å²) in [5.41, 5.74) is -0.239. The molecule has 7 nitrogen and oxygen atoms in total. The molecule has 1 amide bonds. The summed E-state index contributed by atoms with van der Waals surface area (Å²) in [5, 5.41) is 21.2. The van der Waals surface area contributed by atoms with Crippen LogP contribution in [0.25, 0.3) is 5.76 Å². The lowest BCUT2D eigenvalue weighted by Crippen LogP contribution is -2.35. The fourth-order valence-corrected chi connectivity index (χ4v) is 3.42. The van der Waals surface area contributed by atoms with E-state index in [0.717, 1.165) is 0 Å². The number of likely N-dealkylation sites (tertiary alicyclic amines) is 1. The second kappa shape index (κ2) is 8.54. The van der Waals surface area contributed by atoms with Crippen LogP contribution in [0.5, 0.6) is 11.5 Å². The number of aromatic hydroxyl groups is 1. The Balaban J connectivity index is 2.19. The SMILES string of the molecule is COc1ccc(C(O)=C2C(=O)C(=O)N(CCN(C)C)[C@H]2c2ccccc2F)c(O)c1. The molecule has 1 fully saturated rings. The van der Waals surface area contributed by atoms with Gasteiger partial charge in [0.25, 0.3) is 11.7 Å². The average Bonchev–Trinajstić information content (AvgIpc) is 2.96. The molecular formula is C22H23FN2O5. The van der Waals surface area contributed by atoms with Gasteiger partial charge in [0.15, 0.2) is 0 Å². The molecule has 0 aromatic heterocycles. The van der Waals surface area contributed by atoms with Gasteiger partial charge in [0.05, 0.1) is 24.3 Å². The number of hydrogen-bond donors (Lipinski definition) is 2. The van der Waals surface area contributed by atoms with Gasteiger partial charge < -0.3 is 24.7 Å². The van der Waals surface area contributed by atoms with Crippen molar-refractivity contribution in [3.63, 3.8) is 0 Å². The first kappa shape index (κ1) is 21.3. The number of nitrogens with zero attached hydrogens (tertiary/aromatic N) is 2. The maximum absolute atomic E-state index is 14.7. The fourth-order valence-electron chi connectivity index (χ4n) is 3.42. The first-order chi connectivity index (χ1) is 14.3. The maximum atomic E-state index is 14.7. The van der Waals surface area contributed by atoms with Crippen LogP contribution in [-0.2, 0) is 9.59 Å². The van der Waals surface area contributed by atoms with Crippen LogP contribution in [0.1, 0.15) is 17.2 Å². The largest absolute Gasteiger partial charge is 0.507 e. The number of hydrogen-bond acceptors (Lipinski definition) is 6. The predicted octanol–water partition coefficient (Wildman–Crippen LogP) is 2.52. The minimum atomic E-state index is -1.12. The molecule has 1 atom stereocenters. The number of carbonyl (C=O) groups excluding carboxylic acids is 2. The smallest absolute Gasteiger partial charge is 0.295 e. The molecule has 1 aliphatic rings. The number of aliphatic hydroxyl groups excluding tert-OH is 1. The number of carbonyl (C=O) groups is 2. The summed E-state index contributed by atoms with van der Waals surface area (Å²) in [6.07, 6.45) is 0. The van der Waals surface area contributed by atoms with Gasteiger partial charge in [-0.1, -0.05) is 18.2 Å². The fraction of sp³-hybridized carbons (Fsp3) is 0.273. The van der Waals surface area contributed by atoms with Gasteiger partial charge in [0.1, 0.15) is 23.1 Å². The zero-order chi connectivity index (χ0) is 22.0. The van der Waals surface area contributed by atoms with Gasteiger partial charge in [-0.2, -0.15) is 0 Å². The van der Waals surface area contributed by atoms with E-state index in [1.165, 1.54) is 48.4 Å². The van der Waals surface area contributed by atoms with Gasteiger partial charge in [-0.05, 0) is 32.3 Å². The van der Waals surface area contributed by atoms with Crippen LogP contribution in [-0.4, -0.2) is 66.0 Å². The number of aliphatic hydroxyl groups is 1. The molecule has 2 aromatic carbocycles. The minimum Gasteiger partial charge on any atom is -0.507 e. The molecule has 0 unspecified atom stereocenters. The highest BCUT2D eigenvalue weighted by molar-refractivity contribution is 6.46. The number of amides is 1. The van der Waals surface area contributed by atoms with Crippen LogP contribution in [0.15, 0.2) is 48.0 Å². The van der Waals surface area contributed by atoms with Crippen LogP contribution >= 0.6 is 0 Å². The Morgan fingerprint density at radius 3 is 2.50 bits per heavy atom. The molecule has 30 heavy (non-hydrogen) atoms. The molecule has 158 valence electrons. The Kier molecular flexibility index (Phi) is 6.07. The van der Waals surface area contributed by atoms with Crippen molar-refractivity contribution >= 4 is 17.4 Å². The van der Waals surface area contributed by atoms with E-state index in [1.54, 1.807) is 6.07 Å². The van der Waals surface area contributed by atoms with E-state index >= 15 is 0 Å². The Bertz CT molecular complexity index is 1020. The van der Waals surface area contributed by atoms with Gasteiger partial charge in [0, 0.05) is 24.7 Å². The second-order valence-corrected chi connectivity index (χ2v) is 7.20. The summed E-state index contributed by atoms with van der Waals surface area (Å²) in [7, 11) is 5.04. The second-order valence-electron chi connectivity index (χ2n) is 7.20. The zero-order valence-electron chi connectivity index (χ0n) is 16.9. The number of benzene rings is 2. The third-order valence-electron chi connectivity index (χ3n) is 4.99. The summed E-state index contributed by atoms with van der Waals surface area (Å²) in [5.74, 6) is -2.94. The van der Waals surface area contributed by atoms with Crippen LogP contribution in [0, 0.1) is 5.82 Å². The zero-order valence-corrected chi connectivity index (χ0v) is 16.9. The van der Waals surface area contributed by atoms with Gasteiger partial charge in [-0.3, -0.25) is 9.59 Å². The first-order valence-electron chi connectivity index (χ1n) is 9.31. The third-order valence-corrected chi connectivity index (χ3v) is 4.99. The Morgan fingerprint density at radius 2 is 1.90 bits per heavy atom. The Morgan fingerprint density at radius 1 is 1.20 bits per heavy atom. The van der Waals surface area contributed by atoms with Crippen molar-refractivity contribution in [1.29, 1.82) is 0 Å². The molecule has 0 aliphatic carbocycles. The number of phenolic OH excluding ortho intramolecular Hbond substituents is 1. The van der Waals surface area contributed by atoms with E-state index in [1.807, 2.05) is 19.0 Å². The van der Waals surface area contributed by atoms with Crippen molar-refractivity contribution < 1.29 is 28.9 Å². The number of likely N-dealkylation sites (N-methyl/N-ethyl adjacent to an activating group) is 1. The van der Waals surface area contributed by atoms with Crippen LogP contribution in [0.4, 0.5) is 4.39 Å². The predicted molar refractivity (Wildman–Crippen MR) is 109 cm³/mol.